The van der Waals surface area contributed by atoms with Crippen molar-refractivity contribution in [2.45, 2.75) is 12.4 Å². The quantitative estimate of drug-likeness (QED) is 0.812. The molecule has 2 aromatic rings. The molecule has 1 aromatic heterocycles. The molecule has 2 rings (SSSR count). The summed E-state index contributed by atoms with van der Waals surface area (Å²) in [5.74, 6) is 1.71. The van der Waals surface area contributed by atoms with Crippen LogP contribution < -0.4 is 0 Å². The third kappa shape index (κ3) is 2.81. The Morgan fingerprint density at radius 2 is 2.24 bits per heavy atom. The van der Waals surface area contributed by atoms with Crippen LogP contribution in [-0.2, 0) is 23.2 Å². The van der Waals surface area contributed by atoms with Gasteiger partial charge in [0, 0.05) is 34.4 Å². The van der Waals surface area contributed by atoms with Gasteiger partial charge in [0.2, 0.25) is 0 Å². The van der Waals surface area contributed by atoms with Crippen molar-refractivity contribution in [3.8, 4) is 0 Å². The number of hydrogen-bond acceptors (Lipinski definition) is 2. The number of benzene rings is 1. The second-order valence-electron chi connectivity index (χ2n) is 3.72. The Kier molecular flexibility index (Phi) is 4.07. The van der Waals surface area contributed by atoms with Crippen molar-refractivity contribution in [3.63, 3.8) is 0 Å². The number of rotatable bonds is 4. The molecule has 1 unspecified atom stereocenters. The molecule has 0 saturated carbocycles. The minimum Gasteiger partial charge on any atom is -0.326 e. The van der Waals surface area contributed by atoms with Gasteiger partial charge in [-0.1, -0.05) is 11.6 Å². The summed E-state index contributed by atoms with van der Waals surface area (Å²) in [6.07, 6.45) is 1.69. The number of alkyl halides is 1. The third-order valence-electron chi connectivity index (χ3n) is 2.51. The molecular weight excluding hydrogens is 279 g/mol. The summed E-state index contributed by atoms with van der Waals surface area (Å²) < 4.78 is 13.1. The highest BCUT2D eigenvalue weighted by Crippen LogP contribution is 2.21. The van der Waals surface area contributed by atoms with Gasteiger partial charge in [-0.25, -0.2) is 4.98 Å². The van der Waals surface area contributed by atoms with Crippen LogP contribution in [-0.4, -0.2) is 25.8 Å². The summed E-state index contributed by atoms with van der Waals surface area (Å²) in [7, 11) is -0.833. The van der Waals surface area contributed by atoms with Crippen LogP contribution in [0.25, 0.3) is 11.0 Å². The first-order chi connectivity index (χ1) is 8.11. The van der Waals surface area contributed by atoms with Crippen LogP contribution in [0, 0.1) is 0 Å². The Labute approximate surface area is 112 Å². The van der Waals surface area contributed by atoms with Crippen LogP contribution >= 0.6 is 23.2 Å². The summed E-state index contributed by atoms with van der Waals surface area (Å²) in [6.45, 7) is 0.641. The lowest BCUT2D eigenvalue weighted by Crippen LogP contribution is -2.09. The molecule has 17 heavy (non-hydrogen) atoms. The molecule has 92 valence electrons. The van der Waals surface area contributed by atoms with Gasteiger partial charge < -0.3 is 4.57 Å². The van der Waals surface area contributed by atoms with Gasteiger partial charge in [-0.3, -0.25) is 4.21 Å². The van der Waals surface area contributed by atoms with Crippen LogP contribution in [0.1, 0.15) is 5.82 Å². The molecule has 0 fully saturated rings. The molecule has 0 spiro atoms. The Morgan fingerprint density at radius 1 is 1.47 bits per heavy atom. The fourth-order valence-corrected chi connectivity index (χ4v) is 2.53. The lowest BCUT2D eigenvalue weighted by Gasteiger charge is -2.06. The van der Waals surface area contributed by atoms with E-state index in [1.165, 1.54) is 0 Å². The predicted molar refractivity (Wildman–Crippen MR) is 73.2 cm³/mol. The first kappa shape index (κ1) is 12.9. The first-order valence-corrected chi connectivity index (χ1v) is 7.76. The maximum absolute atomic E-state index is 11.2. The summed E-state index contributed by atoms with van der Waals surface area (Å²) in [4.78, 5) is 4.42. The molecule has 0 radical (unpaired) electrons. The Morgan fingerprint density at radius 3 is 2.88 bits per heavy atom. The Balaban J connectivity index is 2.48. The van der Waals surface area contributed by atoms with Gasteiger partial charge in [0.15, 0.2) is 0 Å². The van der Waals surface area contributed by atoms with Gasteiger partial charge in [0.05, 0.1) is 16.9 Å². The average Bonchev–Trinajstić information content (AvgIpc) is 2.63. The van der Waals surface area contributed by atoms with E-state index < -0.39 is 10.8 Å². The maximum Gasteiger partial charge on any atom is 0.124 e. The van der Waals surface area contributed by atoms with Crippen LogP contribution in [0.4, 0.5) is 0 Å². The topological polar surface area (TPSA) is 34.9 Å². The molecule has 0 bridgehead atoms. The van der Waals surface area contributed by atoms with Crippen molar-refractivity contribution in [2.24, 2.45) is 0 Å². The minimum atomic E-state index is -0.833. The van der Waals surface area contributed by atoms with Crippen LogP contribution in [0.2, 0.25) is 5.02 Å². The molecule has 0 aliphatic heterocycles. The lowest BCUT2D eigenvalue weighted by molar-refractivity contribution is 0.676. The van der Waals surface area contributed by atoms with Crippen molar-refractivity contribution >= 4 is 45.0 Å². The summed E-state index contributed by atoms with van der Waals surface area (Å²) in [5, 5.41) is 0.664. The molecule has 0 aliphatic rings. The van der Waals surface area contributed by atoms with Crippen molar-refractivity contribution in [3.05, 3.63) is 29.0 Å². The van der Waals surface area contributed by atoms with Gasteiger partial charge >= 0.3 is 0 Å². The molecule has 1 atom stereocenters. The van der Waals surface area contributed by atoms with E-state index in [0.717, 1.165) is 16.9 Å². The highest BCUT2D eigenvalue weighted by atomic mass is 35.5. The SMILES string of the molecule is CS(=O)CCn1c(CCl)nc2ccc(Cl)cc21. The van der Waals surface area contributed by atoms with Crippen LogP contribution in [0.3, 0.4) is 0 Å². The number of imidazole rings is 1. The maximum atomic E-state index is 11.2. The smallest absolute Gasteiger partial charge is 0.124 e. The highest BCUT2D eigenvalue weighted by molar-refractivity contribution is 7.84. The van der Waals surface area contributed by atoms with E-state index in [9.17, 15) is 4.21 Å². The van der Waals surface area contributed by atoms with Gasteiger partial charge in [-0.15, -0.1) is 11.6 Å². The second-order valence-corrected chi connectivity index (χ2v) is 5.98. The Bertz CT molecular complexity index is 568. The standard InChI is InChI=1S/C11H12Cl2N2OS/c1-17(16)5-4-15-10-6-8(13)2-3-9(10)14-11(15)7-12/h2-3,6H,4-5,7H2,1H3. The van der Waals surface area contributed by atoms with Gasteiger partial charge in [0.1, 0.15) is 5.82 Å². The molecule has 0 aliphatic carbocycles. The van der Waals surface area contributed by atoms with E-state index in [4.69, 9.17) is 23.2 Å². The van der Waals surface area contributed by atoms with E-state index >= 15 is 0 Å². The second kappa shape index (κ2) is 5.38. The number of aromatic nitrogens is 2. The van der Waals surface area contributed by atoms with Crippen LogP contribution in [0.5, 0.6) is 0 Å². The molecule has 6 heteroatoms. The van der Waals surface area contributed by atoms with E-state index in [-0.39, 0.29) is 0 Å². The highest BCUT2D eigenvalue weighted by Gasteiger charge is 2.10. The molecule has 1 aromatic carbocycles. The minimum absolute atomic E-state index is 0.336. The van der Waals surface area contributed by atoms with Crippen LogP contribution in [0.15, 0.2) is 18.2 Å². The number of nitrogens with zero attached hydrogens (tertiary/aromatic N) is 2. The fourth-order valence-electron chi connectivity index (χ4n) is 1.72. The average molecular weight is 291 g/mol. The largest absolute Gasteiger partial charge is 0.326 e. The molecule has 0 saturated heterocycles. The molecule has 0 N–H and O–H groups in total. The summed E-state index contributed by atoms with van der Waals surface area (Å²) >= 11 is 11.8. The first-order valence-electron chi connectivity index (χ1n) is 5.12. The lowest BCUT2D eigenvalue weighted by atomic mass is 10.3. The van der Waals surface area contributed by atoms with E-state index in [2.05, 4.69) is 4.98 Å². The molecule has 1 heterocycles. The van der Waals surface area contributed by atoms with Gasteiger partial charge in [0.25, 0.3) is 0 Å². The zero-order valence-electron chi connectivity index (χ0n) is 9.32. The molecular formula is C11H12Cl2N2OS. The zero-order valence-corrected chi connectivity index (χ0v) is 11.6. The van der Waals surface area contributed by atoms with Gasteiger partial charge in [-0.05, 0) is 18.2 Å². The molecule has 0 amide bonds. The fraction of sp³-hybridized carbons (Fsp3) is 0.364. The van der Waals surface area contributed by atoms with Crippen molar-refractivity contribution < 1.29 is 4.21 Å². The van der Waals surface area contributed by atoms with E-state index in [0.29, 0.717) is 23.2 Å². The van der Waals surface area contributed by atoms with Crippen molar-refractivity contribution in [1.82, 2.24) is 9.55 Å². The van der Waals surface area contributed by atoms with Crippen molar-refractivity contribution in [2.75, 3.05) is 12.0 Å². The third-order valence-corrected chi connectivity index (χ3v) is 3.74. The summed E-state index contributed by atoms with van der Waals surface area (Å²) in [6, 6.07) is 5.53. The molecule has 3 nitrogen and oxygen atoms in total. The number of aryl methyl sites for hydroxylation is 1. The normalized spacial score (nSPS) is 13.1. The zero-order chi connectivity index (χ0) is 12.4. The number of halogens is 2. The van der Waals surface area contributed by atoms with Gasteiger partial charge in [-0.2, -0.15) is 0 Å². The number of hydrogen-bond donors (Lipinski definition) is 0. The van der Waals surface area contributed by atoms with E-state index in [1.807, 2.05) is 16.7 Å². The van der Waals surface area contributed by atoms with E-state index in [1.54, 1.807) is 12.3 Å². The summed E-state index contributed by atoms with van der Waals surface area (Å²) in [5.41, 5.74) is 1.81. The number of fused-ring (bicyclic) bond motifs is 1. The van der Waals surface area contributed by atoms with Crippen molar-refractivity contribution in [1.29, 1.82) is 0 Å². The monoisotopic (exact) mass is 290 g/mol. The predicted octanol–water partition coefficient (Wildman–Crippen LogP) is 2.81. The Hall–Kier alpha value is -0.580.